The molecule has 1 amide bonds. The van der Waals surface area contributed by atoms with Crippen molar-refractivity contribution in [2.45, 2.75) is 57.5 Å². The van der Waals surface area contributed by atoms with Crippen LogP contribution in [-0.4, -0.2) is 28.0 Å². The van der Waals surface area contributed by atoms with Gasteiger partial charge < -0.3 is 10.0 Å². The molecule has 2 aromatic carbocycles. The summed E-state index contributed by atoms with van der Waals surface area (Å²) in [5.41, 5.74) is 4.10. The van der Waals surface area contributed by atoms with Gasteiger partial charge in [0.15, 0.2) is 0 Å². The molecule has 1 N–H and O–H groups in total. The molecule has 3 heteroatoms. The second kappa shape index (κ2) is 6.21. The molecule has 0 radical (unpaired) electrons. The lowest BCUT2D eigenvalue weighted by atomic mass is 9.84. The Kier molecular flexibility index (Phi) is 4.03. The quantitative estimate of drug-likeness (QED) is 0.874. The van der Waals surface area contributed by atoms with Gasteiger partial charge in [0.1, 0.15) is 5.75 Å². The van der Waals surface area contributed by atoms with Gasteiger partial charge in [-0.3, -0.25) is 4.79 Å². The van der Waals surface area contributed by atoms with Gasteiger partial charge in [0, 0.05) is 17.6 Å². The first-order chi connectivity index (χ1) is 12.0. The van der Waals surface area contributed by atoms with Crippen LogP contribution < -0.4 is 0 Å². The molecule has 2 aliphatic rings. The molecular weight excluding hydrogens is 310 g/mol. The minimum atomic E-state index is 0.0742. The van der Waals surface area contributed by atoms with E-state index in [2.05, 4.69) is 36.1 Å². The van der Waals surface area contributed by atoms with Crippen LogP contribution in [0.1, 0.15) is 58.6 Å². The van der Waals surface area contributed by atoms with E-state index in [0.29, 0.717) is 23.6 Å². The molecule has 25 heavy (non-hydrogen) atoms. The van der Waals surface area contributed by atoms with Crippen LogP contribution in [0.4, 0.5) is 0 Å². The second-order valence-electron chi connectivity index (χ2n) is 7.68. The molecule has 0 spiro atoms. The molecule has 0 aromatic heterocycles. The molecular formula is C22H25NO2. The number of carbonyl (C=O) groups is 1. The van der Waals surface area contributed by atoms with Crippen LogP contribution in [0.3, 0.4) is 0 Å². The Labute approximate surface area is 149 Å². The van der Waals surface area contributed by atoms with Crippen molar-refractivity contribution in [3.8, 4) is 5.75 Å². The maximum atomic E-state index is 13.0. The molecule has 4 rings (SSSR count). The second-order valence-corrected chi connectivity index (χ2v) is 7.68. The number of nitrogens with zero attached hydrogens (tertiary/aromatic N) is 1. The summed E-state index contributed by atoms with van der Waals surface area (Å²) in [5, 5.41) is 9.94. The fourth-order valence-corrected chi connectivity index (χ4v) is 4.51. The van der Waals surface area contributed by atoms with E-state index in [1.165, 1.54) is 11.1 Å². The number of phenols is 1. The highest BCUT2D eigenvalue weighted by atomic mass is 16.3. The van der Waals surface area contributed by atoms with Crippen LogP contribution in [0.25, 0.3) is 0 Å². The number of fused-ring (bicyclic) bond motifs is 2. The highest BCUT2D eigenvalue weighted by Crippen LogP contribution is 2.43. The topological polar surface area (TPSA) is 40.5 Å². The van der Waals surface area contributed by atoms with Gasteiger partial charge in [-0.05, 0) is 68.7 Å². The summed E-state index contributed by atoms with van der Waals surface area (Å²) < 4.78 is 0. The molecule has 3 nitrogen and oxygen atoms in total. The number of aryl methyl sites for hydroxylation is 2. The number of piperidine rings is 1. The molecule has 2 heterocycles. The summed E-state index contributed by atoms with van der Waals surface area (Å²) in [4.78, 5) is 15.1. The van der Waals surface area contributed by atoms with E-state index in [1.807, 2.05) is 19.1 Å². The van der Waals surface area contributed by atoms with E-state index >= 15 is 0 Å². The van der Waals surface area contributed by atoms with Crippen molar-refractivity contribution in [3.63, 3.8) is 0 Å². The lowest BCUT2D eigenvalue weighted by molar-refractivity contribution is 0.0571. The number of amides is 1. The molecule has 0 saturated carbocycles. The van der Waals surface area contributed by atoms with Crippen molar-refractivity contribution >= 4 is 5.91 Å². The van der Waals surface area contributed by atoms with Crippen LogP contribution in [0.15, 0.2) is 42.5 Å². The monoisotopic (exact) mass is 335 g/mol. The molecule has 3 atom stereocenters. The maximum absolute atomic E-state index is 13.0. The summed E-state index contributed by atoms with van der Waals surface area (Å²) >= 11 is 0. The first-order valence-corrected chi connectivity index (χ1v) is 9.22. The third kappa shape index (κ3) is 2.92. The van der Waals surface area contributed by atoms with E-state index in [4.69, 9.17) is 0 Å². The lowest BCUT2D eigenvalue weighted by Gasteiger charge is -2.39. The Bertz CT molecular complexity index is 782. The van der Waals surface area contributed by atoms with Crippen molar-refractivity contribution < 1.29 is 9.90 Å². The van der Waals surface area contributed by atoms with Gasteiger partial charge in [0.25, 0.3) is 5.91 Å². The highest BCUT2D eigenvalue weighted by molar-refractivity contribution is 5.95. The minimum absolute atomic E-state index is 0.0742. The molecule has 2 aromatic rings. The van der Waals surface area contributed by atoms with Gasteiger partial charge in [-0.1, -0.05) is 35.9 Å². The lowest BCUT2D eigenvalue weighted by Crippen LogP contribution is -2.46. The van der Waals surface area contributed by atoms with Crippen LogP contribution in [-0.2, 0) is 0 Å². The Balaban J connectivity index is 1.55. The Hall–Kier alpha value is -2.29. The zero-order valence-corrected chi connectivity index (χ0v) is 14.9. The zero-order chi connectivity index (χ0) is 17.6. The van der Waals surface area contributed by atoms with Gasteiger partial charge in [-0.25, -0.2) is 0 Å². The normalized spacial score (nSPS) is 25.2. The van der Waals surface area contributed by atoms with Crippen molar-refractivity contribution in [1.29, 1.82) is 0 Å². The third-order valence-corrected chi connectivity index (χ3v) is 5.97. The fraction of sp³-hybridized carbons (Fsp3) is 0.409. The number of hydrogen-bond acceptors (Lipinski definition) is 2. The van der Waals surface area contributed by atoms with Crippen LogP contribution in [0.5, 0.6) is 5.75 Å². The van der Waals surface area contributed by atoms with E-state index in [0.717, 1.165) is 31.2 Å². The number of benzene rings is 2. The van der Waals surface area contributed by atoms with Crippen LogP contribution >= 0.6 is 0 Å². The SMILES string of the molecule is Cc1ccc(C2C[C@H]3CC[C@@H](C2)N3C(=O)c2ccc(C)c(O)c2)cc1. The Morgan fingerprint density at radius 3 is 2.24 bits per heavy atom. The number of carbonyl (C=O) groups excluding carboxylic acids is 1. The largest absolute Gasteiger partial charge is 0.508 e. The summed E-state index contributed by atoms with van der Waals surface area (Å²) in [6.07, 6.45) is 4.28. The average molecular weight is 335 g/mol. The van der Waals surface area contributed by atoms with Crippen molar-refractivity contribution in [3.05, 3.63) is 64.7 Å². The van der Waals surface area contributed by atoms with Crippen LogP contribution in [0, 0.1) is 13.8 Å². The smallest absolute Gasteiger partial charge is 0.254 e. The van der Waals surface area contributed by atoms with E-state index in [9.17, 15) is 9.90 Å². The van der Waals surface area contributed by atoms with E-state index in [1.54, 1.807) is 6.07 Å². The number of rotatable bonds is 2. The molecule has 130 valence electrons. The first-order valence-electron chi connectivity index (χ1n) is 9.22. The van der Waals surface area contributed by atoms with Crippen LogP contribution in [0.2, 0.25) is 0 Å². The zero-order valence-electron chi connectivity index (χ0n) is 14.9. The molecule has 2 saturated heterocycles. The van der Waals surface area contributed by atoms with E-state index < -0.39 is 0 Å². The average Bonchev–Trinajstić information content (AvgIpc) is 2.87. The van der Waals surface area contributed by atoms with Gasteiger partial charge in [-0.15, -0.1) is 0 Å². The third-order valence-electron chi connectivity index (χ3n) is 5.97. The number of aromatic hydroxyl groups is 1. The maximum Gasteiger partial charge on any atom is 0.254 e. The molecule has 2 aliphatic heterocycles. The van der Waals surface area contributed by atoms with Crippen molar-refractivity contribution in [2.24, 2.45) is 0 Å². The van der Waals surface area contributed by atoms with Gasteiger partial charge in [0.2, 0.25) is 0 Å². The molecule has 1 unspecified atom stereocenters. The fourth-order valence-electron chi connectivity index (χ4n) is 4.51. The van der Waals surface area contributed by atoms with Gasteiger partial charge in [-0.2, -0.15) is 0 Å². The number of phenolic OH excluding ortho intramolecular Hbond substituents is 1. The van der Waals surface area contributed by atoms with Crippen molar-refractivity contribution in [1.82, 2.24) is 4.90 Å². The predicted molar refractivity (Wildman–Crippen MR) is 99.0 cm³/mol. The molecule has 2 bridgehead atoms. The van der Waals surface area contributed by atoms with Gasteiger partial charge in [0.05, 0.1) is 0 Å². The first kappa shape index (κ1) is 16.2. The Morgan fingerprint density at radius 2 is 1.64 bits per heavy atom. The number of hydrogen-bond donors (Lipinski definition) is 1. The standard InChI is InChI=1S/C22H25NO2/c1-14-3-6-16(7-4-14)18-11-19-9-10-20(12-18)23(19)22(25)17-8-5-15(2)21(24)13-17/h3-8,13,18-20,24H,9-12H2,1-2H3/t18?,19-,20+. The minimum Gasteiger partial charge on any atom is -0.508 e. The summed E-state index contributed by atoms with van der Waals surface area (Å²) in [6, 6.07) is 14.8. The Morgan fingerprint density at radius 1 is 1.00 bits per heavy atom. The van der Waals surface area contributed by atoms with Gasteiger partial charge >= 0.3 is 0 Å². The summed E-state index contributed by atoms with van der Waals surface area (Å²) in [7, 11) is 0. The van der Waals surface area contributed by atoms with E-state index in [-0.39, 0.29) is 11.7 Å². The molecule has 2 fully saturated rings. The molecule has 0 aliphatic carbocycles. The van der Waals surface area contributed by atoms with Crippen molar-refractivity contribution in [2.75, 3.05) is 0 Å². The predicted octanol–water partition coefficient (Wildman–Crippen LogP) is 4.56. The summed E-state index contributed by atoms with van der Waals surface area (Å²) in [6.45, 7) is 3.96. The highest BCUT2D eigenvalue weighted by Gasteiger charge is 2.43. The summed E-state index contributed by atoms with van der Waals surface area (Å²) in [5.74, 6) is 0.825.